The molecule has 2 saturated carbocycles. The summed E-state index contributed by atoms with van der Waals surface area (Å²) >= 11 is 0. The molecule has 0 radical (unpaired) electrons. The minimum Gasteiger partial charge on any atom is -0.381 e. The van der Waals surface area contributed by atoms with Crippen LogP contribution in [0.4, 0.5) is 0 Å². The highest BCUT2D eigenvalue weighted by Crippen LogP contribution is 2.60. The van der Waals surface area contributed by atoms with Crippen molar-refractivity contribution >= 4 is 5.96 Å². The Labute approximate surface area is 146 Å². The Morgan fingerprint density at radius 3 is 2.67 bits per heavy atom. The minimum atomic E-state index is 0.388. The first-order valence-corrected chi connectivity index (χ1v) is 10.00. The van der Waals surface area contributed by atoms with Gasteiger partial charge in [-0.1, -0.05) is 12.8 Å². The summed E-state index contributed by atoms with van der Waals surface area (Å²) in [5.41, 5.74) is 0.388. The summed E-state index contributed by atoms with van der Waals surface area (Å²) in [7, 11) is 1.90. The average molecular weight is 335 g/mol. The largest absolute Gasteiger partial charge is 0.381 e. The van der Waals surface area contributed by atoms with Crippen molar-refractivity contribution in [1.82, 2.24) is 10.6 Å². The molecular formula is C19H33N3O2. The lowest BCUT2D eigenvalue weighted by Crippen LogP contribution is -2.69. The van der Waals surface area contributed by atoms with E-state index in [1.165, 1.54) is 51.4 Å². The molecule has 2 saturated heterocycles. The molecule has 136 valence electrons. The van der Waals surface area contributed by atoms with E-state index in [-0.39, 0.29) is 0 Å². The molecule has 1 spiro atoms. The molecular weight excluding hydrogens is 302 g/mol. The molecule has 0 bridgehead atoms. The van der Waals surface area contributed by atoms with E-state index in [0.29, 0.717) is 23.5 Å². The van der Waals surface area contributed by atoms with Gasteiger partial charge in [-0.2, -0.15) is 0 Å². The van der Waals surface area contributed by atoms with Gasteiger partial charge in [-0.05, 0) is 44.4 Å². The zero-order valence-corrected chi connectivity index (χ0v) is 15.1. The van der Waals surface area contributed by atoms with Crippen LogP contribution < -0.4 is 10.6 Å². The fourth-order valence-corrected chi connectivity index (χ4v) is 5.68. The maximum atomic E-state index is 6.08. The number of nitrogens with zero attached hydrogens (tertiary/aromatic N) is 1. The summed E-state index contributed by atoms with van der Waals surface area (Å²) in [6, 6.07) is 0.557. The lowest BCUT2D eigenvalue weighted by Gasteiger charge is -2.57. The molecule has 0 aromatic heterocycles. The maximum Gasteiger partial charge on any atom is 0.191 e. The maximum absolute atomic E-state index is 6.08. The van der Waals surface area contributed by atoms with Gasteiger partial charge in [0.25, 0.3) is 0 Å². The molecule has 5 nitrogen and oxygen atoms in total. The molecule has 24 heavy (non-hydrogen) atoms. The molecule has 2 aliphatic heterocycles. The highest BCUT2D eigenvalue weighted by atomic mass is 16.5. The van der Waals surface area contributed by atoms with Crippen molar-refractivity contribution in [2.45, 2.75) is 63.5 Å². The first kappa shape index (κ1) is 16.6. The van der Waals surface area contributed by atoms with Crippen LogP contribution in [0.3, 0.4) is 0 Å². The van der Waals surface area contributed by atoms with Crippen LogP contribution in [0.25, 0.3) is 0 Å². The number of aliphatic imine (C=N–C) groups is 1. The van der Waals surface area contributed by atoms with Crippen LogP contribution in [-0.4, -0.2) is 51.5 Å². The van der Waals surface area contributed by atoms with Gasteiger partial charge in [-0.25, -0.2) is 0 Å². The van der Waals surface area contributed by atoms with Gasteiger partial charge in [-0.3, -0.25) is 4.99 Å². The predicted octanol–water partition coefficient (Wildman–Crippen LogP) is 2.32. The van der Waals surface area contributed by atoms with Gasteiger partial charge in [0.1, 0.15) is 0 Å². The molecule has 0 amide bonds. The number of rotatable bonds is 4. The number of hydrogen-bond acceptors (Lipinski definition) is 3. The van der Waals surface area contributed by atoms with Crippen molar-refractivity contribution in [2.75, 3.05) is 33.4 Å². The van der Waals surface area contributed by atoms with Gasteiger partial charge in [0, 0.05) is 50.8 Å². The minimum absolute atomic E-state index is 0.388. The van der Waals surface area contributed by atoms with Crippen LogP contribution in [0.5, 0.6) is 0 Å². The summed E-state index contributed by atoms with van der Waals surface area (Å²) in [4.78, 5) is 4.49. The fourth-order valence-electron chi connectivity index (χ4n) is 5.68. The van der Waals surface area contributed by atoms with E-state index >= 15 is 0 Å². The second kappa shape index (κ2) is 7.20. The van der Waals surface area contributed by atoms with Crippen molar-refractivity contribution in [1.29, 1.82) is 0 Å². The summed E-state index contributed by atoms with van der Waals surface area (Å²) in [5, 5.41) is 7.34. The smallest absolute Gasteiger partial charge is 0.191 e. The van der Waals surface area contributed by atoms with E-state index in [0.717, 1.165) is 38.2 Å². The SMILES string of the molecule is CN=C(NCCC1CCOCC1)NC1C2CCOC2C12CCCC2. The Hall–Kier alpha value is -0.810. The topological polar surface area (TPSA) is 54.9 Å². The van der Waals surface area contributed by atoms with Crippen LogP contribution >= 0.6 is 0 Å². The predicted molar refractivity (Wildman–Crippen MR) is 95.2 cm³/mol. The highest BCUT2D eigenvalue weighted by Gasteiger charge is 2.65. The molecule has 0 aromatic carbocycles. The summed E-state index contributed by atoms with van der Waals surface area (Å²) in [6.07, 6.45) is 10.7. The zero-order chi connectivity index (χ0) is 16.4. The monoisotopic (exact) mass is 335 g/mol. The molecule has 5 heteroatoms. The molecule has 2 N–H and O–H groups in total. The van der Waals surface area contributed by atoms with Gasteiger partial charge in [-0.15, -0.1) is 0 Å². The van der Waals surface area contributed by atoms with Crippen LogP contribution in [-0.2, 0) is 9.47 Å². The van der Waals surface area contributed by atoms with Crippen molar-refractivity contribution in [2.24, 2.45) is 22.2 Å². The molecule has 4 fully saturated rings. The number of nitrogens with one attached hydrogen (secondary N) is 2. The van der Waals surface area contributed by atoms with Crippen molar-refractivity contribution in [3.8, 4) is 0 Å². The Kier molecular flexibility index (Phi) is 5.00. The molecule has 2 heterocycles. The van der Waals surface area contributed by atoms with E-state index < -0.39 is 0 Å². The third kappa shape index (κ3) is 2.94. The van der Waals surface area contributed by atoms with E-state index in [9.17, 15) is 0 Å². The Morgan fingerprint density at radius 2 is 1.92 bits per heavy atom. The second-order valence-corrected chi connectivity index (χ2v) is 8.15. The van der Waals surface area contributed by atoms with Crippen molar-refractivity contribution < 1.29 is 9.47 Å². The van der Waals surface area contributed by atoms with Gasteiger partial charge >= 0.3 is 0 Å². The molecule has 0 aromatic rings. The van der Waals surface area contributed by atoms with Crippen LogP contribution in [0, 0.1) is 17.3 Å². The number of ether oxygens (including phenoxy) is 2. The molecule has 4 rings (SSSR count). The molecule has 2 aliphatic carbocycles. The van der Waals surface area contributed by atoms with Gasteiger partial charge in [0.2, 0.25) is 0 Å². The van der Waals surface area contributed by atoms with Crippen molar-refractivity contribution in [3.63, 3.8) is 0 Å². The third-order valence-electron chi connectivity index (χ3n) is 6.99. The van der Waals surface area contributed by atoms with E-state index in [4.69, 9.17) is 9.47 Å². The van der Waals surface area contributed by atoms with Crippen molar-refractivity contribution in [3.05, 3.63) is 0 Å². The van der Waals surface area contributed by atoms with Gasteiger partial charge < -0.3 is 20.1 Å². The average Bonchev–Trinajstić information content (AvgIpc) is 3.27. The van der Waals surface area contributed by atoms with Crippen LogP contribution in [0.1, 0.15) is 51.4 Å². The van der Waals surface area contributed by atoms with Gasteiger partial charge in [0.05, 0.1) is 6.10 Å². The fraction of sp³-hybridized carbons (Fsp3) is 0.947. The van der Waals surface area contributed by atoms with E-state index in [1.807, 2.05) is 7.05 Å². The second-order valence-electron chi connectivity index (χ2n) is 8.15. The standard InChI is InChI=1S/C19H33N3O2/c1-20-18(21-10-4-14-5-11-23-12-6-14)22-16-15-7-13-24-17(15)19(16)8-2-3-9-19/h14-17H,2-13H2,1H3,(H2,20,21,22). The number of guanidine groups is 1. The summed E-state index contributed by atoms with van der Waals surface area (Å²) < 4.78 is 11.5. The summed E-state index contributed by atoms with van der Waals surface area (Å²) in [5.74, 6) is 2.49. The van der Waals surface area contributed by atoms with E-state index in [2.05, 4.69) is 15.6 Å². The summed E-state index contributed by atoms with van der Waals surface area (Å²) in [6.45, 7) is 3.83. The Bertz CT molecular complexity index is 456. The number of hydrogen-bond donors (Lipinski definition) is 2. The molecule has 4 aliphatic rings. The molecule has 3 unspecified atom stereocenters. The first-order chi connectivity index (χ1) is 11.8. The normalized spacial score (nSPS) is 35.7. The molecule has 3 atom stereocenters. The quantitative estimate of drug-likeness (QED) is 0.611. The van der Waals surface area contributed by atoms with Crippen LogP contribution in [0.15, 0.2) is 4.99 Å². The Balaban J connectivity index is 1.29. The zero-order valence-electron chi connectivity index (χ0n) is 15.1. The van der Waals surface area contributed by atoms with E-state index in [1.54, 1.807) is 0 Å². The highest BCUT2D eigenvalue weighted by molar-refractivity contribution is 5.80. The van der Waals surface area contributed by atoms with Crippen LogP contribution in [0.2, 0.25) is 0 Å². The lowest BCUT2D eigenvalue weighted by atomic mass is 9.54. The van der Waals surface area contributed by atoms with Gasteiger partial charge in [0.15, 0.2) is 5.96 Å². The first-order valence-electron chi connectivity index (χ1n) is 10.00. The Morgan fingerprint density at radius 1 is 1.12 bits per heavy atom. The third-order valence-corrected chi connectivity index (χ3v) is 6.99. The number of fused-ring (bicyclic) bond motifs is 2. The lowest BCUT2D eigenvalue weighted by molar-refractivity contribution is -0.125.